The van der Waals surface area contributed by atoms with Gasteiger partial charge in [0.15, 0.2) is 0 Å². The second-order valence-electron chi connectivity index (χ2n) is 9.79. The fourth-order valence-corrected chi connectivity index (χ4v) is 4.87. The SMILES string of the molecule is CC(=O)N1CCCN(Cc2ccc(F)cc2)CCN(C(=O)[C@@H](N)Cc2ccc(O)cc2)Cc2ccccc21. The van der Waals surface area contributed by atoms with Crippen LogP contribution >= 0.6 is 0 Å². The van der Waals surface area contributed by atoms with Gasteiger partial charge in [-0.3, -0.25) is 14.5 Å². The first-order chi connectivity index (χ1) is 18.3. The van der Waals surface area contributed by atoms with E-state index >= 15 is 0 Å². The van der Waals surface area contributed by atoms with Crippen molar-refractivity contribution in [2.45, 2.75) is 38.9 Å². The van der Waals surface area contributed by atoms with Crippen LogP contribution in [0.2, 0.25) is 0 Å². The summed E-state index contributed by atoms with van der Waals surface area (Å²) in [5.41, 5.74) is 9.95. The van der Waals surface area contributed by atoms with Gasteiger partial charge in [-0.2, -0.15) is 0 Å². The lowest BCUT2D eigenvalue weighted by Crippen LogP contribution is -2.47. The summed E-state index contributed by atoms with van der Waals surface area (Å²) in [5.74, 6) is -0.346. The summed E-state index contributed by atoms with van der Waals surface area (Å²) in [6.07, 6.45) is 1.10. The van der Waals surface area contributed by atoms with E-state index < -0.39 is 6.04 Å². The quantitative estimate of drug-likeness (QED) is 0.538. The lowest BCUT2D eigenvalue weighted by atomic mass is 10.0. The molecule has 3 aromatic carbocycles. The Bertz CT molecular complexity index is 1230. The normalized spacial score (nSPS) is 15.9. The average molecular weight is 519 g/mol. The van der Waals surface area contributed by atoms with Crippen LogP contribution in [0.1, 0.15) is 30.0 Å². The van der Waals surface area contributed by atoms with Gasteiger partial charge in [0.1, 0.15) is 11.6 Å². The summed E-state index contributed by atoms with van der Waals surface area (Å²) < 4.78 is 13.4. The van der Waals surface area contributed by atoms with E-state index in [-0.39, 0.29) is 23.4 Å². The number of rotatable bonds is 5. The van der Waals surface area contributed by atoms with E-state index in [1.54, 1.807) is 53.1 Å². The first-order valence-electron chi connectivity index (χ1n) is 13.0. The Kier molecular flexibility index (Phi) is 9.10. The van der Waals surface area contributed by atoms with Gasteiger partial charge in [0.25, 0.3) is 0 Å². The highest BCUT2D eigenvalue weighted by Gasteiger charge is 2.25. The van der Waals surface area contributed by atoms with Gasteiger partial charge >= 0.3 is 0 Å². The summed E-state index contributed by atoms with van der Waals surface area (Å²) in [5, 5.41) is 9.57. The minimum Gasteiger partial charge on any atom is -0.508 e. The number of nitrogens with two attached hydrogens (primary N) is 1. The number of carbonyl (C=O) groups excluding carboxylic acids is 2. The van der Waals surface area contributed by atoms with Crippen molar-refractivity contribution in [3.05, 3.63) is 95.3 Å². The molecule has 200 valence electrons. The van der Waals surface area contributed by atoms with Gasteiger partial charge in [-0.15, -0.1) is 0 Å². The van der Waals surface area contributed by atoms with Crippen molar-refractivity contribution in [2.24, 2.45) is 5.73 Å². The number of fused-ring (bicyclic) bond motifs is 1. The largest absolute Gasteiger partial charge is 0.508 e. The highest BCUT2D eigenvalue weighted by Crippen LogP contribution is 2.24. The third kappa shape index (κ3) is 7.18. The molecule has 2 amide bonds. The second-order valence-corrected chi connectivity index (χ2v) is 9.79. The van der Waals surface area contributed by atoms with Crippen LogP contribution in [0.15, 0.2) is 72.8 Å². The van der Waals surface area contributed by atoms with Crippen molar-refractivity contribution in [3.8, 4) is 5.75 Å². The molecule has 1 heterocycles. The van der Waals surface area contributed by atoms with Gasteiger partial charge in [-0.1, -0.05) is 42.5 Å². The van der Waals surface area contributed by atoms with Crippen molar-refractivity contribution in [2.75, 3.05) is 31.1 Å². The van der Waals surface area contributed by atoms with Gasteiger partial charge in [-0.25, -0.2) is 4.39 Å². The molecule has 1 aliphatic rings. The van der Waals surface area contributed by atoms with Crippen LogP contribution in [0.4, 0.5) is 10.1 Å². The fraction of sp³-hybridized carbons (Fsp3) is 0.333. The van der Waals surface area contributed by atoms with Gasteiger partial charge in [0.2, 0.25) is 11.8 Å². The molecule has 0 unspecified atom stereocenters. The van der Waals surface area contributed by atoms with Crippen LogP contribution in [0.3, 0.4) is 0 Å². The van der Waals surface area contributed by atoms with Crippen LogP contribution < -0.4 is 10.6 Å². The summed E-state index contributed by atoms with van der Waals surface area (Å²) >= 11 is 0. The van der Waals surface area contributed by atoms with E-state index in [1.165, 1.54) is 12.1 Å². The maximum Gasteiger partial charge on any atom is 0.240 e. The molecule has 0 fully saturated rings. The van der Waals surface area contributed by atoms with Crippen LogP contribution in [0, 0.1) is 5.82 Å². The number of para-hydroxylation sites is 1. The third-order valence-corrected chi connectivity index (χ3v) is 6.91. The Morgan fingerprint density at radius 2 is 1.61 bits per heavy atom. The minimum absolute atomic E-state index is 0.0521. The van der Waals surface area contributed by atoms with Crippen molar-refractivity contribution < 1.29 is 19.1 Å². The Balaban J connectivity index is 1.60. The smallest absolute Gasteiger partial charge is 0.240 e. The molecular formula is C30H35FN4O3. The average Bonchev–Trinajstić information content (AvgIpc) is 2.94. The number of phenolic OH excluding ortho intramolecular Hbond substituents is 1. The Labute approximate surface area is 223 Å². The molecular weight excluding hydrogens is 483 g/mol. The van der Waals surface area contributed by atoms with Gasteiger partial charge < -0.3 is 20.6 Å². The van der Waals surface area contributed by atoms with E-state index in [1.807, 2.05) is 24.3 Å². The van der Waals surface area contributed by atoms with Gasteiger partial charge in [0, 0.05) is 51.9 Å². The third-order valence-electron chi connectivity index (χ3n) is 6.91. The summed E-state index contributed by atoms with van der Waals surface area (Å²) in [6.45, 7) is 4.82. The second kappa shape index (κ2) is 12.7. The van der Waals surface area contributed by atoms with E-state index in [9.17, 15) is 19.1 Å². The summed E-state index contributed by atoms with van der Waals surface area (Å²) in [7, 11) is 0. The molecule has 7 nitrogen and oxygen atoms in total. The zero-order valence-corrected chi connectivity index (χ0v) is 21.7. The molecule has 0 radical (unpaired) electrons. The number of hydrogen-bond acceptors (Lipinski definition) is 5. The zero-order chi connectivity index (χ0) is 27.1. The summed E-state index contributed by atoms with van der Waals surface area (Å²) in [6, 6.07) is 20.1. The Morgan fingerprint density at radius 3 is 2.32 bits per heavy atom. The number of nitrogens with zero attached hydrogens (tertiary/aromatic N) is 3. The highest BCUT2D eigenvalue weighted by atomic mass is 19.1. The van der Waals surface area contributed by atoms with Crippen LogP contribution in [-0.2, 0) is 29.1 Å². The Morgan fingerprint density at radius 1 is 0.921 bits per heavy atom. The fourth-order valence-electron chi connectivity index (χ4n) is 4.87. The molecule has 3 aromatic rings. The highest BCUT2D eigenvalue weighted by molar-refractivity contribution is 5.92. The number of amides is 2. The van der Waals surface area contributed by atoms with Crippen LogP contribution in [-0.4, -0.2) is 58.9 Å². The molecule has 0 saturated heterocycles. The first-order valence-corrected chi connectivity index (χ1v) is 13.0. The molecule has 0 aliphatic carbocycles. The van der Waals surface area contributed by atoms with Crippen LogP contribution in [0.5, 0.6) is 5.75 Å². The lowest BCUT2D eigenvalue weighted by Gasteiger charge is -2.30. The van der Waals surface area contributed by atoms with Crippen LogP contribution in [0.25, 0.3) is 0 Å². The number of aromatic hydroxyl groups is 1. The topological polar surface area (TPSA) is 90.1 Å². The number of anilines is 1. The molecule has 38 heavy (non-hydrogen) atoms. The van der Waals surface area contributed by atoms with Crippen molar-refractivity contribution in [1.29, 1.82) is 0 Å². The number of halogens is 1. The molecule has 0 aromatic heterocycles. The molecule has 1 atom stereocenters. The van der Waals surface area contributed by atoms with E-state index in [0.717, 1.165) is 28.8 Å². The van der Waals surface area contributed by atoms with Crippen molar-refractivity contribution >= 4 is 17.5 Å². The van der Waals surface area contributed by atoms with E-state index in [0.29, 0.717) is 45.7 Å². The molecule has 8 heteroatoms. The van der Waals surface area contributed by atoms with E-state index in [4.69, 9.17) is 5.73 Å². The predicted molar refractivity (Wildman–Crippen MR) is 146 cm³/mol. The zero-order valence-electron chi connectivity index (χ0n) is 21.7. The van der Waals surface area contributed by atoms with Gasteiger partial charge in [-0.05, 0) is 59.9 Å². The van der Waals surface area contributed by atoms with Gasteiger partial charge in [0.05, 0.1) is 6.04 Å². The summed E-state index contributed by atoms with van der Waals surface area (Å²) in [4.78, 5) is 32.1. The van der Waals surface area contributed by atoms with Crippen molar-refractivity contribution in [3.63, 3.8) is 0 Å². The molecule has 3 N–H and O–H groups in total. The maximum absolute atomic E-state index is 13.7. The first kappa shape index (κ1) is 27.3. The standard InChI is InChI=1S/C30H35FN4O3/c1-22(36)35-16-4-15-33(20-24-7-11-26(31)12-8-24)17-18-34(21-25-5-2-3-6-29(25)35)30(38)28(32)19-23-9-13-27(37)14-10-23/h2-3,5-14,28,37H,4,15-21,32H2,1H3/t28-/m0/s1. The predicted octanol–water partition coefficient (Wildman–Crippen LogP) is 3.69. The molecule has 4 rings (SSSR count). The molecule has 1 aliphatic heterocycles. The van der Waals surface area contributed by atoms with E-state index in [2.05, 4.69) is 4.90 Å². The monoisotopic (exact) mass is 518 g/mol. The van der Waals surface area contributed by atoms with Crippen molar-refractivity contribution in [1.82, 2.24) is 9.80 Å². The minimum atomic E-state index is -0.758. The number of hydrogen-bond donors (Lipinski definition) is 2. The lowest BCUT2D eigenvalue weighted by molar-refractivity contribution is -0.133. The number of phenols is 1. The molecule has 0 saturated carbocycles. The Hall–Kier alpha value is -3.75. The molecule has 0 bridgehead atoms. The maximum atomic E-state index is 13.7. The molecule has 0 spiro atoms. The number of carbonyl (C=O) groups is 2. The number of benzene rings is 3.